The third-order valence-corrected chi connectivity index (χ3v) is 4.18. The van der Waals surface area contributed by atoms with Crippen LogP contribution in [0.2, 0.25) is 0 Å². The highest BCUT2D eigenvalue weighted by Crippen LogP contribution is 2.34. The van der Waals surface area contributed by atoms with Gasteiger partial charge in [0.1, 0.15) is 11.4 Å². The van der Waals surface area contributed by atoms with E-state index >= 15 is 0 Å². The summed E-state index contributed by atoms with van der Waals surface area (Å²) in [7, 11) is 0. The largest absolute Gasteiger partial charge is 0.494 e. The number of amides is 3. The lowest BCUT2D eigenvalue weighted by molar-refractivity contribution is -0.350. The van der Waals surface area contributed by atoms with Gasteiger partial charge in [0.25, 0.3) is 5.91 Å². The maximum atomic E-state index is 14.5. The number of hydrogen-bond acceptors (Lipinski definition) is 3. The summed E-state index contributed by atoms with van der Waals surface area (Å²) in [6, 6.07) is 9.85. The Bertz CT molecular complexity index is 912. The summed E-state index contributed by atoms with van der Waals surface area (Å²) in [6.45, 7) is 2.19. The standard InChI is InChI=1S/C18H14FN3O3/c1-2-25-11-7-8-14(12(19)9-11)22-17(23)16-10-20-13-5-3-4-6-15(13)21(16)18(22)24/h3-10,16H,2H2,1H3/p+1. The average molecular weight is 340 g/mol. The van der Waals surface area contributed by atoms with Crippen LogP contribution in [0.3, 0.4) is 0 Å². The van der Waals surface area contributed by atoms with Crippen LogP contribution in [-0.4, -0.2) is 30.8 Å². The lowest BCUT2D eigenvalue weighted by Gasteiger charge is -2.20. The van der Waals surface area contributed by atoms with Crippen LogP contribution in [0, 0.1) is 5.82 Å². The first-order valence-corrected chi connectivity index (χ1v) is 7.90. The normalized spacial score (nSPS) is 18.4. The number of fused-ring (bicyclic) bond motifs is 3. The number of halogens is 1. The van der Waals surface area contributed by atoms with E-state index in [1.807, 2.05) is 6.07 Å². The maximum absolute atomic E-state index is 14.5. The second-order valence-corrected chi connectivity index (χ2v) is 5.65. The number of imide groups is 1. The number of hydrogen-bond donors (Lipinski definition) is 1. The molecule has 0 saturated carbocycles. The topological polar surface area (TPSA) is 63.8 Å². The third-order valence-electron chi connectivity index (χ3n) is 4.18. The highest BCUT2D eigenvalue weighted by atomic mass is 19.1. The van der Waals surface area contributed by atoms with E-state index in [4.69, 9.17) is 4.74 Å². The number of ether oxygens (including phenoxy) is 1. The Morgan fingerprint density at radius 3 is 2.72 bits per heavy atom. The van der Waals surface area contributed by atoms with Crippen molar-refractivity contribution in [3.63, 3.8) is 0 Å². The first-order valence-electron chi connectivity index (χ1n) is 7.90. The van der Waals surface area contributed by atoms with E-state index in [9.17, 15) is 14.0 Å². The molecule has 126 valence electrons. The molecule has 2 aromatic carbocycles. The predicted octanol–water partition coefficient (Wildman–Crippen LogP) is 1.36. The molecule has 1 N–H and O–H groups in total. The van der Waals surface area contributed by atoms with Gasteiger partial charge in [-0.1, -0.05) is 12.1 Å². The van der Waals surface area contributed by atoms with Crippen molar-refractivity contribution < 1.29 is 23.7 Å². The molecule has 6 nitrogen and oxygen atoms in total. The van der Waals surface area contributed by atoms with E-state index in [2.05, 4.69) is 4.99 Å². The minimum absolute atomic E-state index is 0.0845. The third kappa shape index (κ3) is 2.27. The molecule has 2 aromatic rings. The SMILES string of the molecule is CCOc1ccc(N2C(=O)C3C=[NH+]c4ccccc4N3C2=O)c(F)c1. The number of benzene rings is 2. The molecule has 25 heavy (non-hydrogen) atoms. The number of urea groups is 1. The summed E-state index contributed by atoms with van der Waals surface area (Å²) in [6.07, 6.45) is 1.54. The number of nitrogens with zero attached hydrogens (tertiary/aromatic N) is 2. The van der Waals surface area contributed by atoms with E-state index in [-0.39, 0.29) is 5.69 Å². The van der Waals surface area contributed by atoms with E-state index in [0.717, 1.165) is 4.90 Å². The molecule has 0 aliphatic carbocycles. The fourth-order valence-corrected chi connectivity index (χ4v) is 3.08. The molecular formula is C18H15FN3O3+. The summed E-state index contributed by atoms with van der Waals surface area (Å²) in [5.41, 5.74) is 1.22. The highest BCUT2D eigenvalue weighted by Gasteiger charge is 2.50. The number of carbonyl (C=O) groups is 2. The van der Waals surface area contributed by atoms with Crippen LogP contribution in [0.1, 0.15) is 6.92 Å². The minimum Gasteiger partial charge on any atom is -0.494 e. The van der Waals surface area contributed by atoms with Gasteiger partial charge in [0.2, 0.25) is 5.69 Å². The number of anilines is 2. The fraction of sp³-hybridized carbons (Fsp3) is 0.167. The van der Waals surface area contributed by atoms with Crippen LogP contribution in [-0.2, 0) is 4.79 Å². The van der Waals surface area contributed by atoms with E-state index in [0.29, 0.717) is 23.7 Å². The quantitative estimate of drug-likeness (QED) is 0.858. The lowest BCUT2D eigenvalue weighted by atomic mass is 10.1. The molecule has 1 saturated heterocycles. The Balaban J connectivity index is 1.75. The van der Waals surface area contributed by atoms with Gasteiger partial charge < -0.3 is 4.74 Å². The molecule has 2 aliphatic rings. The number of rotatable bonds is 3. The van der Waals surface area contributed by atoms with Gasteiger partial charge in [0, 0.05) is 12.1 Å². The van der Waals surface area contributed by atoms with Crippen molar-refractivity contribution in [2.45, 2.75) is 13.0 Å². The zero-order valence-electron chi connectivity index (χ0n) is 13.4. The van der Waals surface area contributed by atoms with Crippen molar-refractivity contribution in [1.82, 2.24) is 0 Å². The Morgan fingerprint density at radius 2 is 1.96 bits per heavy atom. The van der Waals surface area contributed by atoms with E-state index in [1.54, 1.807) is 25.1 Å². The second kappa shape index (κ2) is 5.70. The minimum atomic E-state index is -0.812. The fourth-order valence-electron chi connectivity index (χ4n) is 3.08. The van der Waals surface area contributed by atoms with Gasteiger partial charge in [-0.25, -0.2) is 19.1 Å². The Morgan fingerprint density at radius 1 is 1.16 bits per heavy atom. The molecule has 0 spiro atoms. The summed E-state index contributed by atoms with van der Waals surface area (Å²) in [5.74, 6) is -0.844. The van der Waals surface area contributed by atoms with Gasteiger partial charge in [-0.3, -0.25) is 9.69 Å². The zero-order valence-corrected chi connectivity index (χ0v) is 13.4. The molecule has 7 heteroatoms. The zero-order chi connectivity index (χ0) is 17.6. The van der Waals surface area contributed by atoms with Crippen LogP contribution < -0.4 is 19.5 Å². The Hall–Kier alpha value is -3.22. The molecule has 0 aromatic heterocycles. The van der Waals surface area contributed by atoms with Crippen LogP contribution >= 0.6 is 0 Å². The smallest absolute Gasteiger partial charge is 0.337 e. The number of carbonyl (C=O) groups excluding carboxylic acids is 2. The van der Waals surface area contributed by atoms with Crippen LogP contribution in [0.15, 0.2) is 42.5 Å². The first kappa shape index (κ1) is 15.3. The predicted molar refractivity (Wildman–Crippen MR) is 89.8 cm³/mol. The van der Waals surface area contributed by atoms with Crippen molar-refractivity contribution in [1.29, 1.82) is 0 Å². The van der Waals surface area contributed by atoms with Crippen molar-refractivity contribution in [2.24, 2.45) is 0 Å². The first-order chi connectivity index (χ1) is 12.1. The second-order valence-electron chi connectivity index (χ2n) is 5.65. The molecule has 1 unspecified atom stereocenters. The van der Waals surface area contributed by atoms with Crippen LogP contribution in [0.25, 0.3) is 0 Å². The maximum Gasteiger partial charge on any atom is 0.337 e. The van der Waals surface area contributed by atoms with Crippen molar-refractivity contribution >= 4 is 35.2 Å². The van der Waals surface area contributed by atoms with E-state index < -0.39 is 23.8 Å². The molecular weight excluding hydrogens is 325 g/mol. The summed E-state index contributed by atoms with van der Waals surface area (Å²) < 4.78 is 19.7. The molecule has 2 aliphatic heterocycles. The summed E-state index contributed by atoms with van der Waals surface area (Å²) in [4.78, 5) is 30.8. The summed E-state index contributed by atoms with van der Waals surface area (Å²) >= 11 is 0. The Labute approximate surface area is 143 Å². The van der Waals surface area contributed by atoms with Crippen molar-refractivity contribution in [3.8, 4) is 5.75 Å². The van der Waals surface area contributed by atoms with Gasteiger partial charge in [-0.15, -0.1) is 0 Å². The van der Waals surface area contributed by atoms with Gasteiger partial charge in [-0.2, -0.15) is 0 Å². The van der Waals surface area contributed by atoms with Crippen molar-refractivity contribution in [3.05, 3.63) is 48.3 Å². The molecule has 0 radical (unpaired) electrons. The van der Waals surface area contributed by atoms with Crippen LogP contribution in [0.5, 0.6) is 5.75 Å². The van der Waals surface area contributed by atoms with E-state index in [1.165, 1.54) is 29.3 Å². The molecule has 2 heterocycles. The van der Waals surface area contributed by atoms with Gasteiger partial charge in [-0.05, 0) is 25.1 Å². The summed E-state index contributed by atoms with van der Waals surface area (Å²) in [5, 5.41) is 0. The number of para-hydroxylation sites is 2. The van der Waals surface area contributed by atoms with Gasteiger partial charge >= 0.3 is 6.03 Å². The molecule has 1 fully saturated rings. The van der Waals surface area contributed by atoms with Gasteiger partial charge in [0.05, 0.1) is 12.3 Å². The van der Waals surface area contributed by atoms with Gasteiger partial charge in [0.15, 0.2) is 18.1 Å². The Kier molecular flexibility index (Phi) is 3.49. The molecule has 1 atom stereocenters. The average Bonchev–Trinajstić information content (AvgIpc) is 2.87. The van der Waals surface area contributed by atoms with Crippen LogP contribution in [0.4, 0.5) is 26.2 Å². The highest BCUT2D eigenvalue weighted by molar-refractivity contribution is 6.33. The monoisotopic (exact) mass is 340 g/mol. The lowest BCUT2D eigenvalue weighted by Crippen LogP contribution is -2.69. The molecule has 4 rings (SSSR count). The molecule has 3 amide bonds. The number of nitrogens with one attached hydrogen (secondary N) is 1. The van der Waals surface area contributed by atoms with Crippen molar-refractivity contribution in [2.75, 3.05) is 16.4 Å². The molecule has 0 bridgehead atoms.